The van der Waals surface area contributed by atoms with Crippen LogP contribution >= 0.6 is 0 Å². The second kappa shape index (κ2) is 4.97. The Hall–Kier alpha value is -1.88. The van der Waals surface area contributed by atoms with Crippen LogP contribution in [0.2, 0.25) is 0 Å². The number of para-hydroxylation sites is 1. The third-order valence-corrected chi connectivity index (χ3v) is 2.65. The summed E-state index contributed by atoms with van der Waals surface area (Å²) in [6.45, 7) is 0.282. The molecule has 1 aliphatic rings. The van der Waals surface area contributed by atoms with Crippen LogP contribution in [-0.4, -0.2) is 30.9 Å². The van der Waals surface area contributed by atoms with Crippen molar-refractivity contribution in [1.82, 2.24) is 5.32 Å². The molecule has 90 valence electrons. The van der Waals surface area contributed by atoms with Crippen molar-refractivity contribution >= 4 is 11.7 Å². The number of carbonyl (C=O) groups excluding carboxylic acids is 2. The minimum absolute atomic E-state index is 0.119. The Labute approximate surface area is 98.9 Å². The number of ketones is 1. The second-order valence-electron chi connectivity index (χ2n) is 3.82. The van der Waals surface area contributed by atoms with E-state index in [9.17, 15) is 9.59 Å². The third kappa shape index (κ3) is 2.45. The largest absolute Gasteiger partial charge is 0.493 e. The smallest absolute Gasteiger partial charge is 0.234 e. The molecule has 5 heteroatoms. The molecule has 0 saturated carbocycles. The standard InChI is InChI=1S/C12H14N2O3/c13-7-11(15)14-9-5-6-17-10-4-2-1-3-8(10)12(9)16/h1-4,9H,5-7,13H2,(H,14,15). The lowest BCUT2D eigenvalue weighted by Crippen LogP contribution is -2.43. The molecule has 17 heavy (non-hydrogen) atoms. The van der Waals surface area contributed by atoms with Crippen LogP contribution in [0.15, 0.2) is 24.3 Å². The Kier molecular flexibility index (Phi) is 3.39. The summed E-state index contributed by atoms with van der Waals surface area (Å²) in [5, 5.41) is 2.61. The van der Waals surface area contributed by atoms with Gasteiger partial charge in [0, 0.05) is 6.42 Å². The number of amides is 1. The molecule has 0 spiro atoms. The average Bonchev–Trinajstić information content (AvgIpc) is 2.51. The number of benzene rings is 1. The molecule has 5 nitrogen and oxygen atoms in total. The fourth-order valence-corrected chi connectivity index (χ4v) is 1.79. The van der Waals surface area contributed by atoms with Gasteiger partial charge in [0.2, 0.25) is 5.91 Å². The zero-order valence-electron chi connectivity index (χ0n) is 9.31. The van der Waals surface area contributed by atoms with Crippen molar-refractivity contribution in [2.24, 2.45) is 5.73 Å². The number of nitrogens with one attached hydrogen (secondary N) is 1. The highest BCUT2D eigenvalue weighted by Gasteiger charge is 2.26. The van der Waals surface area contributed by atoms with Gasteiger partial charge in [-0.2, -0.15) is 0 Å². The molecule has 1 unspecified atom stereocenters. The predicted octanol–water partition coefficient (Wildman–Crippen LogP) is 0.0953. The van der Waals surface area contributed by atoms with E-state index in [1.807, 2.05) is 6.07 Å². The van der Waals surface area contributed by atoms with Crippen molar-refractivity contribution in [1.29, 1.82) is 0 Å². The summed E-state index contributed by atoms with van der Waals surface area (Å²) in [7, 11) is 0. The fourth-order valence-electron chi connectivity index (χ4n) is 1.79. The van der Waals surface area contributed by atoms with Crippen molar-refractivity contribution in [2.45, 2.75) is 12.5 Å². The van der Waals surface area contributed by atoms with Gasteiger partial charge in [0.1, 0.15) is 5.75 Å². The van der Waals surface area contributed by atoms with E-state index >= 15 is 0 Å². The van der Waals surface area contributed by atoms with Crippen molar-refractivity contribution in [3.05, 3.63) is 29.8 Å². The normalized spacial score (nSPS) is 18.9. The van der Waals surface area contributed by atoms with Crippen molar-refractivity contribution in [2.75, 3.05) is 13.2 Å². The van der Waals surface area contributed by atoms with E-state index in [1.54, 1.807) is 18.2 Å². The van der Waals surface area contributed by atoms with E-state index in [1.165, 1.54) is 0 Å². The maximum atomic E-state index is 12.2. The Morgan fingerprint density at radius 1 is 1.47 bits per heavy atom. The summed E-state index contributed by atoms with van der Waals surface area (Å²) in [4.78, 5) is 23.4. The van der Waals surface area contributed by atoms with Crippen LogP contribution in [0.25, 0.3) is 0 Å². The van der Waals surface area contributed by atoms with Gasteiger partial charge in [-0.15, -0.1) is 0 Å². The number of hydrogen-bond acceptors (Lipinski definition) is 4. The van der Waals surface area contributed by atoms with E-state index < -0.39 is 6.04 Å². The molecule has 0 aliphatic carbocycles. The number of rotatable bonds is 2. The molecule has 0 aromatic heterocycles. The number of ether oxygens (including phenoxy) is 1. The summed E-state index contributed by atoms with van der Waals surface area (Å²) >= 11 is 0. The summed E-state index contributed by atoms with van der Waals surface area (Å²) in [5.74, 6) is 0.115. The number of fused-ring (bicyclic) bond motifs is 1. The second-order valence-corrected chi connectivity index (χ2v) is 3.82. The molecule has 1 heterocycles. The first kappa shape index (κ1) is 11.6. The molecule has 1 aliphatic heterocycles. The minimum atomic E-state index is -0.547. The third-order valence-electron chi connectivity index (χ3n) is 2.65. The Morgan fingerprint density at radius 2 is 2.24 bits per heavy atom. The van der Waals surface area contributed by atoms with Gasteiger partial charge in [0.25, 0.3) is 0 Å². The Bertz CT molecular complexity index is 445. The van der Waals surface area contributed by atoms with Crippen LogP contribution in [0.1, 0.15) is 16.8 Å². The summed E-state index contributed by atoms with van der Waals surface area (Å²) < 4.78 is 5.46. The number of nitrogens with two attached hydrogens (primary N) is 1. The zero-order valence-corrected chi connectivity index (χ0v) is 9.31. The summed E-state index contributed by atoms with van der Waals surface area (Å²) in [6, 6.07) is 6.48. The molecule has 1 amide bonds. The number of carbonyl (C=O) groups is 2. The van der Waals surface area contributed by atoms with Gasteiger partial charge in [-0.3, -0.25) is 9.59 Å². The van der Waals surface area contributed by atoms with Gasteiger partial charge >= 0.3 is 0 Å². The van der Waals surface area contributed by atoms with Crippen LogP contribution in [0.4, 0.5) is 0 Å². The highest BCUT2D eigenvalue weighted by atomic mass is 16.5. The highest BCUT2D eigenvalue weighted by Crippen LogP contribution is 2.23. The van der Waals surface area contributed by atoms with Gasteiger partial charge in [-0.25, -0.2) is 0 Å². The molecule has 0 fully saturated rings. The van der Waals surface area contributed by atoms with Crippen LogP contribution < -0.4 is 15.8 Å². The zero-order chi connectivity index (χ0) is 12.3. The first-order chi connectivity index (χ1) is 8.22. The lowest BCUT2D eigenvalue weighted by Gasteiger charge is -2.13. The van der Waals surface area contributed by atoms with Crippen molar-refractivity contribution in [3.63, 3.8) is 0 Å². The average molecular weight is 234 g/mol. The maximum absolute atomic E-state index is 12.2. The van der Waals surface area contributed by atoms with Crippen LogP contribution in [-0.2, 0) is 4.79 Å². The van der Waals surface area contributed by atoms with E-state index in [0.29, 0.717) is 24.3 Å². The maximum Gasteiger partial charge on any atom is 0.234 e. The molecular formula is C12H14N2O3. The lowest BCUT2D eigenvalue weighted by molar-refractivity contribution is -0.120. The molecule has 1 aromatic rings. The van der Waals surface area contributed by atoms with Gasteiger partial charge in [0.15, 0.2) is 5.78 Å². The molecule has 0 saturated heterocycles. The van der Waals surface area contributed by atoms with E-state index in [-0.39, 0.29) is 18.2 Å². The Balaban J connectivity index is 2.23. The highest BCUT2D eigenvalue weighted by molar-refractivity contribution is 6.04. The van der Waals surface area contributed by atoms with Crippen LogP contribution in [0, 0.1) is 0 Å². The minimum Gasteiger partial charge on any atom is -0.493 e. The summed E-state index contributed by atoms with van der Waals surface area (Å²) in [6.07, 6.45) is 0.458. The first-order valence-corrected chi connectivity index (χ1v) is 5.48. The molecule has 1 aromatic carbocycles. The SMILES string of the molecule is NCC(=O)NC1CCOc2ccccc2C1=O. The van der Waals surface area contributed by atoms with Gasteiger partial charge in [0.05, 0.1) is 24.8 Å². The van der Waals surface area contributed by atoms with E-state index in [2.05, 4.69) is 5.32 Å². The monoisotopic (exact) mass is 234 g/mol. The lowest BCUT2D eigenvalue weighted by atomic mass is 10.0. The predicted molar refractivity (Wildman–Crippen MR) is 61.9 cm³/mol. The first-order valence-electron chi connectivity index (χ1n) is 5.48. The van der Waals surface area contributed by atoms with Crippen LogP contribution in [0.3, 0.4) is 0 Å². The van der Waals surface area contributed by atoms with Gasteiger partial charge in [-0.1, -0.05) is 12.1 Å². The number of hydrogen-bond donors (Lipinski definition) is 2. The molecule has 0 radical (unpaired) electrons. The van der Waals surface area contributed by atoms with Gasteiger partial charge in [-0.05, 0) is 12.1 Å². The molecule has 3 N–H and O–H groups in total. The number of Topliss-reactive ketones (excluding diaryl/α,β-unsaturated/α-hetero) is 1. The van der Waals surface area contributed by atoms with Crippen molar-refractivity contribution < 1.29 is 14.3 Å². The topological polar surface area (TPSA) is 81.4 Å². The van der Waals surface area contributed by atoms with Crippen LogP contribution in [0.5, 0.6) is 5.75 Å². The van der Waals surface area contributed by atoms with E-state index in [0.717, 1.165) is 0 Å². The summed E-state index contributed by atoms with van der Waals surface area (Å²) in [5.41, 5.74) is 5.72. The van der Waals surface area contributed by atoms with Crippen molar-refractivity contribution in [3.8, 4) is 5.75 Å². The Morgan fingerprint density at radius 3 is 3.00 bits per heavy atom. The van der Waals surface area contributed by atoms with E-state index in [4.69, 9.17) is 10.5 Å². The fraction of sp³-hybridized carbons (Fsp3) is 0.333. The molecule has 0 bridgehead atoms. The quantitative estimate of drug-likeness (QED) is 0.760. The van der Waals surface area contributed by atoms with Gasteiger partial charge < -0.3 is 15.8 Å². The molecule has 1 atom stereocenters. The molecule has 2 rings (SSSR count). The molecular weight excluding hydrogens is 220 g/mol.